The number of hydrogen-bond acceptors (Lipinski definition) is 3. The van der Waals surface area contributed by atoms with E-state index in [1.165, 1.54) is 5.56 Å². The summed E-state index contributed by atoms with van der Waals surface area (Å²) in [6, 6.07) is 34.5. The fourth-order valence-corrected chi connectivity index (χ4v) is 4.83. The highest BCUT2D eigenvalue weighted by Crippen LogP contribution is 2.39. The second-order valence-electron chi connectivity index (χ2n) is 9.12. The lowest BCUT2D eigenvalue weighted by atomic mass is 9.88. The van der Waals surface area contributed by atoms with Crippen LogP contribution < -0.4 is 15.2 Å². The summed E-state index contributed by atoms with van der Waals surface area (Å²) in [4.78, 5) is 12.3. The lowest BCUT2D eigenvalue weighted by Crippen LogP contribution is -2.16. The number of carbonyl (C=O) groups excluding carboxylic acids is 1. The van der Waals surface area contributed by atoms with Crippen molar-refractivity contribution >= 4 is 16.8 Å². The summed E-state index contributed by atoms with van der Waals surface area (Å²) < 4.78 is 14.0. The summed E-state index contributed by atoms with van der Waals surface area (Å²) in [5.41, 5.74) is 11.2. The second kappa shape index (κ2) is 11.0. The number of nitrogens with zero attached hydrogens (tertiary/aromatic N) is 1. The molecule has 0 bridgehead atoms. The molecular formula is C32H30N2O3. The SMILES string of the molecule is COc1ccc(C(CC(N)=O)c2cn(Cc3ccccc3)c3ccccc23)cc1OCc1ccccc1. The van der Waals surface area contributed by atoms with Gasteiger partial charge in [0.15, 0.2) is 11.5 Å². The van der Waals surface area contributed by atoms with Gasteiger partial charge in [0.1, 0.15) is 6.61 Å². The quantitative estimate of drug-likeness (QED) is 0.250. The molecule has 0 aliphatic carbocycles. The van der Waals surface area contributed by atoms with E-state index in [2.05, 4.69) is 35.0 Å². The number of amides is 1. The standard InChI is InChI=1S/C32H30N2O3/c1-36-30-17-16-25(18-31(30)37-22-24-12-6-3-7-13-24)27(19-32(33)35)28-21-34(20-23-10-4-2-5-11-23)29-15-9-8-14-26(28)29/h2-18,21,27H,19-20,22H2,1H3,(H2,33,35). The molecule has 5 heteroatoms. The van der Waals surface area contributed by atoms with Crippen LogP contribution in [-0.4, -0.2) is 17.6 Å². The number of aromatic nitrogens is 1. The highest BCUT2D eigenvalue weighted by atomic mass is 16.5. The number of nitrogens with two attached hydrogens (primary N) is 1. The molecule has 4 aromatic carbocycles. The Bertz CT molecular complexity index is 1490. The minimum atomic E-state index is -0.354. The Morgan fingerprint density at radius 3 is 2.22 bits per heavy atom. The van der Waals surface area contributed by atoms with Gasteiger partial charge in [0.25, 0.3) is 0 Å². The normalized spacial score (nSPS) is 11.8. The van der Waals surface area contributed by atoms with Crippen molar-refractivity contribution in [1.82, 2.24) is 4.57 Å². The molecule has 2 N–H and O–H groups in total. The molecule has 1 unspecified atom stereocenters. The number of methoxy groups -OCH3 is 1. The van der Waals surface area contributed by atoms with Crippen LogP contribution in [0.3, 0.4) is 0 Å². The smallest absolute Gasteiger partial charge is 0.218 e. The van der Waals surface area contributed by atoms with Gasteiger partial charge in [-0.25, -0.2) is 0 Å². The average molecular weight is 491 g/mol. The first-order chi connectivity index (χ1) is 18.1. The molecule has 5 rings (SSSR count). The molecule has 0 saturated heterocycles. The Balaban J connectivity index is 1.55. The third kappa shape index (κ3) is 5.51. The van der Waals surface area contributed by atoms with Crippen molar-refractivity contribution in [3.05, 3.63) is 132 Å². The molecular weight excluding hydrogens is 460 g/mol. The van der Waals surface area contributed by atoms with E-state index in [0.717, 1.165) is 34.1 Å². The third-order valence-corrected chi connectivity index (χ3v) is 6.62. The summed E-state index contributed by atoms with van der Waals surface area (Å²) >= 11 is 0. The highest BCUT2D eigenvalue weighted by Gasteiger charge is 2.23. The number of hydrogen-bond donors (Lipinski definition) is 1. The van der Waals surface area contributed by atoms with Crippen LogP contribution in [0, 0.1) is 0 Å². The molecule has 1 amide bonds. The van der Waals surface area contributed by atoms with Crippen molar-refractivity contribution in [1.29, 1.82) is 0 Å². The molecule has 186 valence electrons. The molecule has 0 spiro atoms. The fourth-order valence-electron chi connectivity index (χ4n) is 4.83. The number of rotatable bonds is 10. The van der Waals surface area contributed by atoms with Gasteiger partial charge in [0.2, 0.25) is 5.91 Å². The van der Waals surface area contributed by atoms with Gasteiger partial charge in [-0.1, -0.05) is 84.9 Å². The maximum atomic E-state index is 12.3. The summed E-state index contributed by atoms with van der Waals surface area (Å²) in [5.74, 6) is 0.687. The van der Waals surface area contributed by atoms with Gasteiger partial charge in [0.05, 0.1) is 7.11 Å². The zero-order valence-corrected chi connectivity index (χ0v) is 20.8. The number of fused-ring (bicyclic) bond motifs is 1. The van der Waals surface area contributed by atoms with Crippen molar-refractivity contribution < 1.29 is 14.3 Å². The van der Waals surface area contributed by atoms with Crippen LogP contribution in [0.5, 0.6) is 11.5 Å². The van der Waals surface area contributed by atoms with Gasteiger partial charge in [-0.15, -0.1) is 0 Å². The van der Waals surface area contributed by atoms with Crippen LogP contribution in [0.1, 0.15) is 34.6 Å². The van der Waals surface area contributed by atoms with Crippen molar-refractivity contribution in [3.63, 3.8) is 0 Å². The van der Waals surface area contributed by atoms with Gasteiger partial charge < -0.3 is 19.8 Å². The largest absolute Gasteiger partial charge is 0.493 e. The van der Waals surface area contributed by atoms with Crippen LogP contribution in [0.2, 0.25) is 0 Å². The first-order valence-corrected chi connectivity index (χ1v) is 12.4. The van der Waals surface area contributed by atoms with E-state index >= 15 is 0 Å². The zero-order valence-electron chi connectivity index (χ0n) is 20.8. The number of carbonyl (C=O) groups is 1. The Labute approximate surface area is 217 Å². The Morgan fingerprint density at radius 1 is 0.838 bits per heavy atom. The number of ether oxygens (including phenoxy) is 2. The van der Waals surface area contributed by atoms with Crippen LogP contribution in [-0.2, 0) is 17.9 Å². The second-order valence-corrected chi connectivity index (χ2v) is 9.12. The van der Waals surface area contributed by atoms with E-state index in [-0.39, 0.29) is 18.2 Å². The first-order valence-electron chi connectivity index (χ1n) is 12.4. The van der Waals surface area contributed by atoms with E-state index in [0.29, 0.717) is 18.1 Å². The molecule has 1 atom stereocenters. The molecule has 0 aliphatic rings. The summed E-state index contributed by atoms with van der Waals surface area (Å²) in [6.07, 6.45) is 2.34. The predicted octanol–water partition coefficient (Wildman–Crippen LogP) is 6.28. The Kier molecular flexibility index (Phi) is 7.22. The molecule has 1 aromatic heterocycles. The average Bonchev–Trinajstić information content (AvgIpc) is 3.29. The van der Waals surface area contributed by atoms with E-state index in [4.69, 9.17) is 15.2 Å². The maximum Gasteiger partial charge on any atom is 0.218 e. The summed E-state index contributed by atoms with van der Waals surface area (Å²) in [5, 5.41) is 1.10. The molecule has 0 fully saturated rings. The molecule has 37 heavy (non-hydrogen) atoms. The molecule has 0 radical (unpaired) electrons. The lowest BCUT2D eigenvalue weighted by molar-refractivity contribution is -0.118. The van der Waals surface area contributed by atoms with Gasteiger partial charge in [-0.3, -0.25) is 4.79 Å². The topological polar surface area (TPSA) is 66.5 Å². The highest BCUT2D eigenvalue weighted by molar-refractivity contribution is 5.86. The maximum absolute atomic E-state index is 12.3. The zero-order chi connectivity index (χ0) is 25.6. The number of primary amides is 1. The van der Waals surface area contributed by atoms with Crippen molar-refractivity contribution in [2.75, 3.05) is 7.11 Å². The molecule has 1 heterocycles. The lowest BCUT2D eigenvalue weighted by Gasteiger charge is -2.19. The monoisotopic (exact) mass is 490 g/mol. The molecule has 5 aromatic rings. The van der Waals surface area contributed by atoms with Crippen LogP contribution in [0.25, 0.3) is 10.9 Å². The van der Waals surface area contributed by atoms with Crippen LogP contribution in [0.4, 0.5) is 0 Å². The van der Waals surface area contributed by atoms with Crippen molar-refractivity contribution in [2.45, 2.75) is 25.5 Å². The fraction of sp³-hybridized carbons (Fsp3) is 0.156. The van der Waals surface area contributed by atoms with Gasteiger partial charge in [0, 0.05) is 36.0 Å². The minimum absolute atomic E-state index is 0.184. The van der Waals surface area contributed by atoms with E-state index in [9.17, 15) is 4.79 Å². The van der Waals surface area contributed by atoms with Gasteiger partial charge >= 0.3 is 0 Å². The number of para-hydroxylation sites is 1. The van der Waals surface area contributed by atoms with E-state index in [1.807, 2.05) is 78.9 Å². The third-order valence-electron chi connectivity index (χ3n) is 6.62. The van der Waals surface area contributed by atoms with E-state index < -0.39 is 0 Å². The minimum Gasteiger partial charge on any atom is -0.493 e. The van der Waals surface area contributed by atoms with Crippen molar-refractivity contribution in [2.24, 2.45) is 5.73 Å². The number of benzene rings is 4. The molecule has 5 nitrogen and oxygen atoms in total. The Hall–Kier alpha value is -4.51. The summed E-state index contributed by atoms with van der Waals surface area (Å²) in [7, 11) is 1.63. The Morgan fingerprint density at radius 2 is 1.51 bits per heavy atom. The van der Waals surface area contributed by atoms with E-state index in [1.54, 1.807) is 7.11 Å². The molecule has 0 saturated carbocycles. The van der Waals surface area contributed by atoms with Crippen LogP contribution >= 0.6 is 0 Å². The summed E-state index contributed by atoms with van der Waals surface area (Å²) in [6.45, 7) is 1.15. The molecule has 0 aliphatic heterocycles. The van der Waals surface area contributed by atoms with Crippen molar-refractivity contribution in [3.8, 4) is 11.5 Å². The first kappa shape index (κ1) is 24.2. The van der Waals surface area contributed by atoms with Gasteiger partial charge in [-0.05, 0) is 40.5 Å². The van der Waals surface area contributed by atoms with Gasteiger partial charge in [-0.2, -0.15) is 0 Å². The predicted molar refractivity (Wildman–Crippen MR) is 147 cm³/mol. The van der Waals surface area contributed by atoms with Crippen LogP contribution in [0.15, 0.2) is 109 Å².